The predicted molar refractivity (Wildman–Crippen MR) is 62.8 cm³/mol. The highest BCUT2D eigenvalue weighted by Crippen LogP contribution is 2.60. The molecule has 2 fully saturated rings. The van der Waals surface area contributed by atoms with E-state index in [1.165, 1.54) is 18.0 Å². The van der Waals surface area contributed by atoms with Gasteiger partial charge in [-0.1, -0.05) is 6.92 Å². The zero-order chi connectivity index (χ0) is 12.0. The number of piperidine rings is 1. The Bertz CT molecular complexity index is 415. The Morgan fingerprint density at radius 1 is 1.29 bits per heavy atom. The molecule has 0 aromatic carbocycles. The number of alkyl halides is 2. The second-order valence-electron chi connectivity index (χ2n) is 4.92. The summed E-state index contributed by atoms with van der Waals surface area (Å²) in [6, 6.07) is 0. The van der Waals surface area contributed by atoms with Crippen molar-refractivity contribution in [3.63, 3.8) is 0 Å². The van der Waals surface area contributed by atoms with Crippen molar-refractivity contribution in [2.24, 2.45) is 5.92 Å². The van der Waals surface area contributed by atoms with Gasteiger partial charge in [0, 0.05) is 30.5 Å². The second kappa shape index (κ2) is 3.86. The minimum atomic E-state index is -2.60. The molecule has 2 aliphatic rings. The van der Waals surface area contributed by atoms with E-state index >= 15 is 0 Å². The molecule has 0 amide bonds. The quantitative estimate of drug-likeness (QED) is 0.817. The van der Waals surface area contributed by atoms with Crippen LogP contribution in [0, 0.1) is 5.92 Å². The van der Waals surface area contributed by atoms with Crippen LogP contribution in [0.3, 0.4) is 0 Å². The van der Waals surface area contributed by atoms with Gasteiger partial charge in [-0.2, -0.15) is 4.37 Å². The molecule has 2 atom stereocenters. The first-order chi connectivity index (χ1) is 8.10. The highest BCUT2D eigenvalue weighted by atomic mass is 32.1. The van der Waals surface area contributed by atoms with Crippen LogP contribution < -0.4 is 4.90 Å². The zero-order valence-electron chi connectivity index (χ0n) is 9.70. The maximum absolute atomic E-state index is 13.2. The molecule has 3 nitrogen and oxygen atoms in total. The van der Waals surface area contributed by atoms with Crippen LogP contribution in [0.5, 0.6) is 0 Å². The van der Waals surface area contributed by atoms with Gasteiger partial charge in [0.05, 0.1) is 5.92 Å². The van der Waals surface area contributed by atoms with Crippen LogP contribution in [-0.4, -0.2) is 28.4 Å². The fraction of sp³-hybridized carbons (Fsp3) is 0.818. The summed E-state index contributed by atoms with van der Waals surface area (Å²) in [5.74, 6) is -3.61. The number of nitrogens with zero attached hydrogens (tertiary/aromatic N) is 3. The van der Waals surface area contributed by atoms with E-state index in [0.717, 1.165) is 31.1 Å². The molecule has 94 valence electrons. The number of aromatic nitrogens is 2. The lowest BCUT2D eigenvalue weighted by atomic mass is 10.1. The molecular formula is C11H15F2N3S. The summed E-state index contributed by atoms with van der Waals surface area (Å²) in [5, 5.41) is 0.814. The van der Waals surface area contributed by atoms with Gasteiger partial charge in [0.2, 0.25) is 5.13 Å². The van der Waals surface area contributed by atoms with E-state index in [1.54, 1.807) is 6.92 Å². The van der Waals surface area contributed by atoms with Crippen LogP contribution in [-0.2, 0) is 0 Å². The number of hydrogen-bond acceptors (Lipinski definition) is 4. The number of halogens is 2. The molecule has 1 aromatic heterocycles. The van der Waals surface area contributed by atoms with E-state index in [0.29, 0.717) is 5.82 Å². The van der Waals surface area contributed by atoms with Crippen LogP contribution >= 0.6 is 11.5 Å². The van der Waals surface area contributed by atoms with Gasteiger partial charge in [-0.15, -0.1) is 0 Å². The molecule has 1 aliphatic heterocycles. The Kier molecular flexibility index (Phi) is 2.57. The first-order valence-electron chi connectivity index (χ1n) is 6.07. The minimum absolute atomic E-state index is 0.341. The Morgan fingerprint density at radius 3 is 2.53 bits per heavy atom. The molecule has 1 saturated heterocycles. The van der Waals surface area contributed by atoms with Gasteiger partial charge in [-0.3, -0.25) is 0 Å². The Morgan fingerprint density at radius 2 is 1.94 bits per heavy atom. The zero-order valence-corrected chi connectivity index (χ0v) is 10.5. The Hall–Kier alpha value is -0.780. The molecular weight excluding hydrogens is 244 g/mol. The molecule has 1 aliphatic carbocycles. The third-order valence-corrected chi connectivity index (χ3v) is 4.54. The van der Waals surface area contributed by atoms with E-state index in [1.807, 2.05) is 0 Å². The van der Waals surface area contributed by atoms with Gasteiger partial charge in [-0.25, -0.2) is 13.8 Å². The molecule has 2 heterocycles. The van der Waals surface area contributed by atoms with E-state index < -0.39 is 17.8 Å². The summed E-state index contributed by atoms with van der Waals surface area (Å²) in [6.45, 7) is 3.52. The van der Waals surface area contributed by atoms with E-state index in [-0.39, 0.29) is 0 Å². The highest BCUT2D eigenvalue weighted by Gasteiger charge is 2.68. The van der Waals surface area contributed by atoms with Crippen molar-refractivity contribution < 1.29 is 8.78 Å². The summed E-state index contributed by atoms with van der Waals surface area (Å²) in [4.78, 5) is 6.46. The molecule has 3 rings (SSSR count). The Balaban J connectivity index is 1.75. The fourth-order valence-electron chi connectivity index (χ4n) is 2.44. The van der Waals surface area contributed by atoms with Crippen molar-refractivity contribution in [3.8, 4) is 0 Å². The molecule has 0 spiro atoms. The lowest BCUT2D eigenvalue weighted by molar-refractivity contribution is 0.0956. The van der Waals surface area contributed by atoms with E-state index in [2.05, 4.69) is 14.3 Å². The van der Waals surface area contributed by atoms with Crippen LogP contribution in [0.2, 0.25) is 0 Å². The summed E-state index contributed by atoms with van der Waals surface area (Å²) in [7, 11) is 0. The maximum atomic E-state index is 13.2. The third-order valence-electron chi connectivity index (χ3n) is 3.75. The standard InChI is InChI=1S/C11H15F2N3S/c1-7-8(11(7,12)13)9-14-10(17-15-9)16-5-3-2-4-6-16/h7-8H,2-6H2,1H3/t7?,8-/m0/s1. The number of rotatable bonds is 2. The van der Waals surface area contributed by atoms with Crippen molar-refractivity contribution >= 4 is 16.7 Å². The van der Waals surface area contributed by atoms with E-state index in [9.17, 15) is 8.78 Å². The average molecular weight is 259 g/mol. The summed E-state index contributed by atoms with van der Waals surface area (Å²) in [6.07, 6.45) is 3.57. The van der Waals surface area contributed by atoms with Crippen molar-refractivity contribution in [3.05, 3.63) is 5.82 Å². The maximum Gasteiger partial charge on any atom is 0.261 e. The van der Waals surface area contributed by atoms with Crippen molar-refractivity contribution in [1.29, 1.82) is 0 Å². The molecule has 17 heavy (non-hydrogen) atoms. The monoisotopic (exact) mass is 259 g/mol. The first-order valence-corrected chi connectivity index (χ1v) is 6.84. The summed E-state index contributed by atoms with van der Waals surface area (Å²) < 4.78 is 30.6. The second-order valence-corrected chi connectivity index (χ2v) is 5.65. The number of anilines is 1. The van der Waals surface area contributed by atoms with Crippen LogP contribution in [0.4, 0.5) is 13.9 Å². The Labute approximate surface area is 103 Å². The van der Waals surface area contributed by atoms with Gasteiger partial charge in [0.1, 0.15) is 0 Å². The molecule has 6 heteroatoms. The average Bonchev–Trinajstić information content (AvgIpc) is 2.72. The van der Waals surface area contributed by atoms with Crippen LogP contribution in [0.25, 0.3) is 0 Å². The molecule has 0 N–H and O–H groups in total. The SMILES string of the molecule is CC1[C@@H](c2nsc(N3CCCCC3)n2)C1(F)F. The van der Waals surface area contributed by atoms with Crippen LogP contribution in [0.1, 0.15) is 37.9 Å². The van der Waals surface area contributed by atoms with Gasteiger partial charge in [0.15, 0.2) is 5.82 Å². The van der Waals surface area contributed by atoms with Crippen molar-refractivity contribution in [1.82, 2.24) is 9.36 Å². The first kappa shape index (κ1) is 11.3. The lowest BCUT2D eigenvalue weighted by Crippen LogP contribution is -2.29. The van der Waals surface area contributed by atoms with Gasteiger partial charge < -0.3 is 4.90 Å². The summed E-state index contributed by atoms with van der Waals surface area (Å²) in [5.41, 5.74) is 0. The van der Waals surface area contributed by atoms with Gasteiger partial charge in [-0.05, 0) is 19.3 Å². The highest BCUT2D eigenvalue weighted by molar-refractivity contribution is 7.09. The molecule has 0 bridgehead atoms. The smallest absolute Gasteiger partial charge is 0.261 e. The fourth-order valence-corrected chi connectivity index (χ4v) is 3.20. The molecule has 0 radical (unpaired) electrons. The molecule has 1 aromatic rings. The normalized spacial score (nSPS) is 31.6. The van der Waals surface area contributed by atoms with Crippen molar-refractivity contribution in [2.45, 2.75) is 38.0 Å². The molecule has 1 saturated carbocycles. The third kappa shape index (κ3) is 1.82. The topological polar surface area (TPSA) is 29.0 Å². The largest absolute Gasteiger partial charge is 0.347 e. The van der Waals surface area contributed by atoms with Crippen molar-refractivity contribution in [2.75, 3.05) is 18.0 Å². The summed E-state index contributed by atoms with van der Waals surface area (Å²) >= 11 is 1.26. The van der Waals surface area contributed by atoms with E-state index in [4.69, 9.17) is 0 Å². The van der Waals surface area contributed by atoms with Gasteiger partial charge >= 0.3 is 0 Å². The number of hydrogen-bond donors (Lipinski definition) is 0. The van der Waals surface area contributed by atoms with Gasteiger partial charge in [0.25, 0.3) is 5.92 Å². The molecule has 1 unspecified atom stereocenters. The minimum Gasteiger partial charge on any atom is -0.347 e. The predicted octanol–water partition coefficient (Wildman–Crippen LogP) is 2.90. The lowest BCUT2D eigenvalue weighted by Gasteiger charge is -2.25. The van der Waals surface area contributed by atoms with Crippen LogP contribution in [0.15, 0.2) is 0 Å².